The van der Waals surface area contributed by atoms with Gasteiger partial charge in [-0.1, -0.05) is 25.1 Å². The zero-order valence-electron chi connectivity index (χ0n) is 15.0. The molecule has 0 spiro atoms. The monoisotopic (exact) mass is 429 g/mol. The standard InChI is InChI=1S/C18H23N3O3S2.ClH/c1-13-8-9-19-12-16(13)20-17(22)11-14-4-6-15(7-5-14)21-26(23,24)18-3-2-10-25-18;/h2-7,10,13,16,19,21H,8-9,11-12H2,1H3,(H,20,22);1H. The van der Waals surface area contributed by atoms with Crippen molar-refractivity contribution in [3.05, 3.63) is 47.3 Å². The summed E-state index contributed by atoms with van der Waals surface area (Å²) < 4.78 is 27.2. The largest absolute Gasteiger partial charge is 0.352 e. The lowest BCUT2D eigenvalue weighted by molar-refractivity contribution is -0.121. The van der Waals surface area contributed by atoms with Crippen LogP contribution in [0.25, 0.3) is 0 Å². The van der Waals surface area contributed by atoms with E-state index in [2.05, 4.69) is 22.3 Å². The molecule has 1 amide bonds. The highest BCUT2D eigenvalue weighted by molar-refractivity contribution is 7.94. The maximum absolute atomic E-state index is 12.2. The summed E-state index contributed by atoms with van der Waals surface area (Å²) in [6, 6.07) is 10.3. The number of amides is 1. The normalized spacial score (nSPS) is 19.7. The van der Waals surface area contributed by atoms with Gasteiger partial charge in [0.1, 0.15) is 4.21 Å². The fourth-order valence-corrected chi connectivity index (χ4v) is 4.99. The van der Waals surface area contributed by atoms with Crippen LogP contribution in [-0.4, -0.2) is 33.5 Å². The first-order chi connectivity index (χ1) is 12.4. The minimum atomic E-state index is -3.55. The number of hydrogen-bond donors (Lipinski definition) is 3. The summed E-state index contributed by atoms with van der Waals surface area (Å²) in [5, 5.41) is 8.09. The number of hydrogen-bond acceptors (Lipinski definition) is 5. The first-order valence-electron chi connectivity index (χ1n) is 8.59. The molecule has 1 aliphatic heterocycles. The lowest BCUT2D eigenvalue weighted by atomic mass is 9.94. The molecule has 3 N–H and O–H groups in total. The highest BCUT2D eigenvalue weighted by Crippen LogP contribution is 2.20. The van der Waals surface area contributed by atoms with Gasteiger partial charge in [-0.15, -0.1) is 23.7 Å². The minimum absolute atomic E-state index is 0. The van der Waals surface area contributed by atoms with E-state index in [0.717, 1.165) is 25.1 Å². The first kappa shape index (κ1) is 21.7. The molecule has 2 heterocycles. The van der Waals surface area contributed by atoms with Crippen molar-refractivity contribution in [2.75, 3.05) is 17.8 Å². The number of halogens is 1. The Bertz CT molecular complexity index is 839. The van der Waals surface area contributed by atoms with E-state index in [9.17, 15) is 13.2 Å². The van der Waals surface area contributed by atoms with Crippen LogP contribution in [0.15, 0.2) is 46.0 Å². The summed E-state index contributed by atoms with van der Waals surface area (Å²) in [5.41, 5.74) is 1.32. The van der Waals surface area contributed by atoms with Crippen molar-refractivity contribution >= 4 is 45.4 Å². The van der Waals surface area contributed by atoms with Gasteiger partial charge in [0.15, 0.2) is 0 Å². The number of carbonyl (C=O) groups excluding carboxylic acids is 1. The van der Waals surface area contributed by atoms with E-state index in [1.807, 2.05) is 0 Å². The number of sulfonamides is 1. The molecule has 2 unspecified atom stereocenters. The van der Waals surface area contributed by atoms with Crippen LogP contribution in [0.1, 0.15) is 18.9 Å². The molecular formula is C18H24ClN3O3S2. The Hall–Kier alpha value is -1.61. The zero-order chi connectivity index (χ0) is 18.6. The molecule has 2 atom stereocenters. The second-order valence-corrected chi connectivity index (χ2v) is 9.41. The van der Waals surface area contributed by atoms with E-state index in [0.29, 0.717) is 11.6 Å². The fraction of sp³-hybridized carbons (Fsp3) is 0.389. The highest BCUT2D eigenvalue weighted by atomic mass is 35.5. The van der Waals surface area contributed by atoms with Gasteiger partial charge in [0.05, 0.1) is 6.42 Å². The van der Waals surface area contributed by atoms with Crippen LogP contribution >= 0.6 is 23.7 Å². The molecule has 1 saturated heterocycles. The third-order valence-electron chi connectivity index (χ3n) is 4.50. The molecule has 0 aliphatic carbocycles. The summed E-state index contributed by atoms with van der Waals surface area (Å²) in [6.45, 7) is 3.95. The van der Waals surface area contributed by atoms with E-state index >= 15 is 0 Å². The molecule has 1 fully saturated rings. The number of carbonyl (C=O) groups is 1. The Morgan fingerprint density at radius 2 is 2.00 bits per heavy atom. The van der Waals surface area contributed by atoms with Crippen molar-refractivity contribution in [2.45, 2.75) is 30.0 Å². The Kier molecular flexibility index (Phi) is 7.67. The second kappa shape index (κ2) is 9.54. The van der Waals surface area contributed by atoms with Crippen molar-refractivity contribution in [3.8, 4) is 0 Å². The van der Waals surface area contributed by atoms with E-state index in [-0.39, 0.29) is 35.0 Å². The number of anilines is 1. The Labute approximate surface area is 170 Å². The van der Waals surface area contributed by atoms with Crippen molar-refractivity contribution in [2.24, 2.45) is 5.92 Å². The number of nitrogens with one attached hydrogen (secondary N) is 3. The van der Waals surface area contributed by atoms with Crippen LogP contribution in [0.2, 0.25) is 0 Å². The van der Waals surface area contributed by atoms with Crippen LogP contribution in [0.5, 0.6) is 0 Å². The van der Waals surface area contributed by atoms with Gasteiger partial charge < -0.3 is 10.6 Å². The van der Waals surface area contributed by atoms with Gasteiger partial charge in [0.25, 0.3) is 10.0 Å². The molecule has 1 aliphatic rings. The van der Waals surface area contributed by atoms with Crippen molar-refractivity contribution in [3.63, 3.8) is 0 Å². The molecule has 6 nitrogen and oxygen atoms in total. The molecule has 0 bridgehead atoms. The number of piperidine rings is 1. The predicted molar refractivity (Wildman–Crippen MR) is 111 cm³/mol. The Balaban J connectivity index is 0.00000261. The van der Waals surface area contributed by atoms with Crippen molar-refractivity contribution in [1.82, 2.24) is 10.6 Å². The van der Waals surface area contributed by atoms with Crippen LogP contribution in [-0.2, 0) is 21.2 Å². The molecule has 2 aromatic rings. The van der Waals surface area contributed by atoms with Crippen molar-refractivity contribution < 1.29 is 13.2 Å². The molecule has 9 heteroatoms. The molecule has 1 aromatic carbocycles. The summed E-state index contributed by atoms with van der Waals surface area (Å²) in [7, 11) is -3.55. The second-order valence-electron chi connectivity index (χ2n) is 6.56. The molecule has 27 heavy (non-hydrogen) atoms. The Morgan fingerprint density at radius 3 is 2.63 bits per heavy atom. The average molecular weight is 430 g/mol. The lowest BCUT2D eigenvalue weighted by Gasteiger charge is -2.30. The zero-order valence-corrected chi connectivity index (χ0v) is 17.4. The van der Waals surface area contributed by atoms with Gasteiger partial charge in [-0.3, -0.25) is 9.52 Å². The molecule has 1 aromatic heterocycles. The SMILES string of the molecule is CC1CCNCC1NC(=O)Cc1ccc(NS(=O)(=O)c2cccs2)cc1.Cl. The van der Waals surface area contributed by atoms with E-state index in [1.165, 1.54) is 11.3 Å². The van der Waals surface area contributed by atoms with Gasteiger partial charge in [0.2, 0.25) is 5.91 Å². The lowest BCUT2D eigenvalue weighted by Crippen LogP contribution is -2.50. The summed E-state index contributed by atoms with van der Waals surface area (Å²) in [4.78, 5) is 12.2. The summed E-state index contributed by atoms with van der Waals surface area (Å²) in [5.74, 6) is 0.451. The smallest absolute Gasteiger partial charge is 0.271 e. The number of rotatable bonds is 6. The summed E-state index contributed by atoms with van der Waals surface area (Å²) >= 11 is 1.17. The Morgan fingerprint density at radius 1 is 1.26 bits per heavy atom. The van der Waals surface area contributed by atoms with E-state index in [4.69, 9.17) is 0 Å². The third kappa shape index (κ3) is 5.93. The van der Waals surface area contributed by atoms with E-state index < -0.39 is 10.0 Å². The maximum Gasteiger partial charge on any atom is 0.271 e. The third-order valence-corrected chi connectivity index (χ3v) is 7.28. The molecule has 3 rings (SSSR count). The highest BCUT2D eigenvalue weighted by Gasteiger charge is 2.22. The van der Waals surface area contributed by atoms with Gasteiger partial charge in [-0.25, -0.2) is 8.42 Å². The molecule has 0 saturated carbocycles. The van der Waals surface area contributed by atoms with Gasteiger partial charge in [-0.05, 0) is 48.0 Å². The van der Waals surface area contributed by atoms with Crippen LogP contribution < -0.4 is 15.4 Å². The summed E-state index contributed by atoms with van der Waals surface area (Å²) in [6.07, 6.45) is 1.34. The van der Waals surface area contributed by atoms with Gasteiger partial charge >= 0.3 is 0 Å². The minimum Gasteiger partial charge on any atom is -0.352 e. The predicted octanol–water partition coefficient (Wildman–Crippen LogP) is 2.63. The van der Waals surface area contributed by atoms with Gasteiger partial charge in [-0.2, -0.15) is 0 Å². The fourth-order valence-electron chi connectivity index (χ4n) is 2.94. The van der Waals surface area contributed by atoms with Crippen LogP contribution in [0.4, 0.5) is 5.69 Å². The van der Waals surface area contributed by atoms with Crippen LogP contribution in [0, 0.1) is 5.92 Å². The molecule has 0 radical (unpaired) electrons. The van der Waals surface area contributed by atoms with Crippen molar-refractivity contribution in [1.29, 1.82) is 0 Å². The van der Waals surface area contributed by atoms with Crippen LogP contribution in [0.3, 0.4) is 0 Å². The topological polar surface area (TPSA) is 87.3 Å². The average Bonchev–Trinajstić information content (AvgIpc) is 3.14. The van der Waals surface area contributed by atoms with E-state index in [1.54, 1.807) is 41.8 Å². The quantitative estimate of drug-likeness (QED) is 0.658. The molecular weight excluding hydrogens is 406 g/mol. The first-order valence-corrected chi connectivity index (χ1v) is 11.0. The molecule has 148 valence electrons. The van der Waals surface area contributed by atoms with Gasteiger partial charge in [0, 0.05) is 18.3 Å². The number of benzene rings is 1. The maximum atomic E-state index is 12.2. The number of thiophene rings is 1.